The van der Waals surface area contributed by atoms with Crippen molar-refractivity contribution in [1.82, 2.24) is 19.8 Å². The lowest BCUT2D eigenvalue weighted by Crippen LogP contribution is -2.50. The Kier molecular flexibility index (Phi) is 7.32. The zero-order valence-electron chi connectivity index (χ0n) is 17.1. The summed E-state index contributed by atoms with van der Waals surface area (Å²) in [7, 11) is 0. The second-order valence-corrected chi connectivity index (χ2v) is 9.24. The molecule has 2 amide bonds. The number of hydrogen-bond acceptors (Lipinski definition) is 7. The Hall–Kier alpha value is -1.58. The first-order valence-corrected chi connectivity index (χ1v) is 12.0. The molecule has 2 aliphatic heterocycles. The van der Waals surface area contributed by atoms with Gasteiger partial charge in [-0.25, -0.2) is 9.97 Å². The Labute approximate surface area is 186 Å². The Balaban J connectivity index is 1.32. The lowest BCUT2D eigenvalue weighted by atomic mass is 10.1. The van der Waals surface area contributed by atoms with Gasteiger partial charge >= 0.3 is 0 Å². The lowest BCUT2D eigenvalue weighted by Gasteiger charge is -2.36. The third kappa shape index (κ3) is 5.36. The summed E-state index contributed by atoms with van der Waals surface area (Å²) in [5.41, 5.74) is 0. The van der Waals surface area contributed by atoms with Gasteiger partial charge in [0.05, 0.1) is 19.0 Å². The molecule has 30 heavy (non-hydrogen) atoms. The molecule has 3 heterocycles. The van der Waals surface area contributed by atoms with Crippen molar-refractivity contribution in [3.05, 3.63) is 11.2 Å². The molecular weight excluding hydrogens is 426 g/mol. The number of carbonyl (C=O) groups excluding carboxylic acids is 2. The number of hydrogen-bond donors (Lipinski definition) is 0. The van der Waals surface area contributed by atoms with Crippen molar-refractivity contribution < 1.29 is 14.3 Å². The molecule has 164 valence electrons. The minimum atomic E-state index is 0.0625. The van der Waals surface area contributed by atoms with Crippen LogP contribution in [0.5, 0.6) is 0 Å². The van der Waals surface area contributed by atoms with Crippen molar-refractivity contribution in [2.45, 2.75) is 30.8 Å². The lowest BCUT2D eigenvalue weighted by molar-refractivity contribution is -0.135. The van der Waals surface area contributed by atoms with Crippen LogP contribution in [-0.4, -0.2) is 89.8 Å². The zero-order chi connectivity index (χ0) is 20.9. The van der Waals surface area contributed by atoms with E-state index in [-0.39, 0.29) is 17.6 Å². The molecule has 2 saturated heterocycles. The van der Waals surface area contributed by atoms with Gasteiger partial charge in [0.25, 0.3) is 0 Å². The zero-order valence-corrected chi connectivity index (χ0v) is 18.7. The number of thioether (sulfide) groups is 1. The summed E-state index contributed by atoms with van der Waals surface area (Å²) in [6, 6.07) is 1.75. The number of aromatic nitrogens is 2. The standard InChI is InChI=1S/C20H28ClN5O3S/c21-16-13-17(23-20(22-16)30-14-18(27)25-9-11-29-12-10-25)24-5-7-26(8-6-24)19(28)15-3-1-2-4-15/h13,15H,1-12,14H2. The van der Waals surface area contributed by atoms with E-state index in [0.29, 0.717) is 55.6 Å². The van der Waals surface area contributed by atoms with Crippen molar-refractivity contribution in [3.8, 4) is 0 Å². The van der Waals surface area contributed by atoms with Gasteiger partial charge in [-0.2, -0.15) is 0 Å². The van der Waals surface area contributed by atoms with E-state index in [1.54, 1.807) is 6.07 Å². The fraction of sp³-hybridized carbons (Fsp3) is 0.700. The maximum absolute atomic E-state index is 12.6. The number of carbonyl (C=O) groups is 2. The smallest absolute Gasteiger partial charge is 0.233 e. The number of nitrogens with zero attached hydrogens (tertiary/aromatic N) is 5. The minimum absolute atomic E-state index is 0.0625. The van der Waals surface area contributed by atoms with E-state index in [4.69, 9.17) is 16.3 Å². The van der Waals surface area contributed by atoms with Crippen LogP contribution in [0.3, 0.4) is 0 Å². The number of anilines is 1. The summed E-state index contributed by atoms with van der Waals surface area (Å²) in [4.78, 5) is 39.8. The molecule has 0 radical (unpaired) electrons. The Morgan fingerprint density at radius 2 is 1.73 bits per heavy atom. The first-order chi connectivity index (χ1) is 14.6. The van der Waals surface area contributed by atoms with Crippen LogP contribution in [0, 0.1) is 5.92 Å². The SMILES string of the molecule is O=C(CSc1nc(Cl)cc(N2CCN(C(=O)C3CCCC3)CC2)n1)N1CCOCC1. The average Bonchev–Trinajstić information content (AvgIpc) is 3.32. The second-order valence-electron chi connectivity index (χ2n) is 7.91. The largest absolute Gasteiger partial charge is 0.378 e. The monoisotopic (exact) mass is 453 g/mol. The first kappa shape index (κ1) is 21.6. The molecule has 10 heteroatoms. The predicted octanol–water partition coefficient (Wildman–Crippen LogP) is 1.92. The molecule has 4 rings (SSSR count). The molecule has 0 atom stereocenters. The number of amides is 2. The molecular formula is C20H28ClN5O3S. The topological polar surface area (TPSA) is 78.9 Å². The molecule has 1 saturated carbocycles. The van der Waals surface area contributed by atoms with Crippen LogP contribution >= 0.6 is 23.4 Å². The third-order valence-corrected chi connectivity index (χ3v) is 6.99. The van der Waals surface area contributed by atoms with Gasteiger partial charge in [0, 0.05) is 51.3 Å². The van der Waals surface area contributed by atoms with E-state index in [2.05, 4.69) is 14.9 Å². The van der Waals surface area contributed by atoms with Crippen molar-refractivity contribution in [2.24, 2.45) is 5.92 Å². The normalized spacial score (nSPS) is 20.6. The highest BCUT2D eigenvalue weighted by molar-refractivity contribution is 7.99. The second kappa shape index (κ2) is 10.2. The summed E-state index contributed by atoms with van der Waals surface area (Å²) in [6.07, 6.45) is 4.41. The maximum atomic E-state index is 12.6. The highest BCUT2D eigenvalue weighted by Gasteiger charge is 2.30. The molecule has 1 aliphatic carbocycles. The summed E-state index contributed by atoms with van der Waals surface area (Å²) in [5.74, 6) is 1.63. The van der Waals surface area contributed by atoms with Crippen molar-refractivity contribution in [1.29, 1.82) is 0 Å². The van der Waals surface area contributed by atoms with Gasteiger partial charge in [-0.15, -0.1) is 0 Å². The minimum Gasteiger partial charge on any atom is -0.378 e. The molecule has 1 aromatic rings. The van der Waals surface area contributed by atoms with Gasteiger partial charge in [-0.05, 0) is 12.8 Å². The summed E-state index contributed by atoms with van der Waals surface area (Å²) < 4.78 is 5.29. The number of morpholine rings is 1. The number of rotatable bonds is 5. The molecule has 0 unspecified atom stereocenters. The van der Waals surface area contributed by atoms with Crippen LogP contribution in [0.15, 0.2) is 11.2 Å². The van der Waals surface area contributed by atoms with Gasteiger partial charge in [-0.3, -0.25) is 9.59 Å². The molecule has 8 nitrogen and oxygen atoms in total. The van der Waals surface area contributed by atoms with Crippen molar-refractivity contribution >= 4 is 41.0 Å². The molecule has 3 aliphatic rings. The third-order valence-electron chi connectivity index (χ3n) is 5.97. The van der Waals surface area contributed by atoms with E-state index in [1.165, 1.54) is 24.6 Å². The number of piperazine rings is 1. The molecule has 0 N–H and O–H groups in total. The van der Waals surface area contributed by atoms with Crippen LogP contribution in [0.2, 0.25) is 5.15 Å². The van der Waals surface area contributed by atoms with Crippen LogP contribution in [0.4, 0.5) is 5.82 Å². The van der Waals surface area contributed by atoms with E-state index in [0.717, 1.165) is 31.7 Å². The van der Waals surface area contributed by atoms with E-state index < -0.39 is 0 Å². The highest BCUT2D eigenvalue weighted by atomic mass is 35.5. The summed E-state index contributed by atoms with van der Waals surface area (Å²) in [5, 5.41) is 0.870. The number of ether oxygens (including phenoxy) is 1. The van der Waals surface area contributed by atoms with Gasteiger partial charge in [0.15, 0.2) is 5.16 Å². The van der Waals surface area contributed by atoms with E-state index in [9.17, 15) is 9.59 Å². The van der Waals surface area contributed by atoms with Gasteiger partial charge in [0.1, 0.15) is 11.0 Å². The highest BCUT2D eigenvalue weighted by Crippen LogP contribution is 2.28. The van der Waals surface area contributed by atoms with Crippen molar-refractivity contribution in [3.63, 3.8) is 0 Å². The van der Waals surface area contributed by atoms with Gasteiger partial charge in [-0.1, -0.05) is 36.2 Å². The van der Waals surface area contributed by atoms with Gasteiger partial charge < -0.3 is 19.4 Å². The summed E-state index contributed by atoms with van der Waals surface area (Å²) >= 11 is 7.54. The molecule has 0 spiro atoms. The predicted molar refractivity (Wildman–Crippen MR) is 116 cm³/mol. The van der Waals surface area contributed by atoms with Gasteiger partial charge in [0.2, 0.25) is 11.8 Å². The van der Waals surface area contributed by atoms with E-state index >= 15 is 0 Å². The Bertz CT molecular complexity index is 763. The van der Waals surface area contributed by atoms with Crippen LogP contribution < -0.4 is 4.90 Å². The summed E-state index contributed by atoms with van der Waals surface area (Å²) in [6.45, 7) is 5.29. The molecule has 0 aromatic carbocycles. The average molecular weight is 454 g/mol. The van der Waals surface area contributed by atoms with Crippen LogP contribution in [-0.2, 0) is 14.3 Å². The quantitative estimate of drug-likeness (QED) is 0.383. The maximum Gasteiger partial charge on any atom is 0.233 e. The van der Waals surface area contributed by atoms with Crippen molar-refractivity contribution in [2.75, 3.05) is 63.1 Å². The fourth-order valence-corrected chi connectivity index (χ4v) is 5.21. The Morgan fingerprint density at radius 3 is 2.43 bits per heavy atom. The first-order valence-electron chi connectivity index (χ1n) is 10.7. The fourth-order valence-electron chi connectivity index (χ4n) is 4.23. The van der Waals surface area contributed by atoms with Crippen LogP contribution in [0.25, 0.3) is 0 Å². The molecule has 1 aromatic heterocycles. The molecule has 3 fully saturated rings. The van der Waals surface area contributed by atoms with E-state index in [1.807, 2.05) is 9.80 Å². The Morgan fingerprint density at radius 1 is 1.03 bits per heavy atom. The van der Waals surface area contributed by atoms with Crippen LogP contribution in [0.1, 0.15) is 25.7 Å². The number of halogens is 1. The molecule has 0 bridgehead atoms.